The van der Waals surface area contributed by atoms with Gasteiger partial charge in [0.1, 0.15) is 0 Å². The van der Waals surface area contributed by atoms with Gasteiger partial charge in [0, 0.05) is 6.42 Å². The van der Waals surface area contributed by atoms with E-state index in [9.17, 15) is 4.79 Å². The maximum Gasteiger partial charge on any atom is 0.220 e. The van der Waals surface area contributed by atoms with Crippen molar-refractivity contribution >= 4 is 5.91 Å². The van der Waals surface area contributed by atoms with Crippen LogP contribution >= 0.6 is 0 Å². The van der Waals surface area contributed by atoms with Gasteiger partial charge in [-0.2, -0.15) is 0 Å². The molecule has 0 spiro atoms. The maximum absolute atomic E-state index is 11.9. The second-order valence-corrected chi connectivity index (χ2v) is 5.90. The van der Waals surface area contributed by atoms with E-state index in [1.54, 1.807) is 0 Å². The molecular formula is C16H26N2O. The SMILES string of the molecule is CC(NC(=O)CCC(C)(C)CCN)c1ccccc1. The monoisotopic (exact) mass is 262 g/mol. The fourth-order valence-corrected chi connectivity index (χ4v) is 2.11. The van der Waals surface area contributed by atoms with Crippen molar-refractivity contribution in [2.75, 3.05) is 6.54 Å². The van der Waals surface area contributed by atoms with E-state index in [0.717, 1.165) is 18.4 Å². The molecular weight excluding hydrogens is 236 g/mol. The molecule has 1 unspecified atom stereocenters. The van der Waals surface area contributed by atoms with Crippen molar-refractivity contribution in [3.8, 4) is 0 Å². The molecule has 0 aliphatic rings. The first kappa shape index (κ1) is 15.7. The van der Waals surface area contributed by atoms with E-state index < -0.39 is 0 Å². The summed E-state index contributed by atoms with van der Waals surface area (Å²) in [6, 6.07) is 10.1. The second-order valence-electron chi connectivity index (χ2n) is 5.90. The van der Waals surface area contributed by atoms with Gasteiger partial charge in [-0.25, -0.2) is 0 Å². The summed E-state index contributed by atoms with van der Waals surface area (Å²) in [5.41, 5.74) is 6.85. The van der Waals surface area contributed by atoms with Crippen molar-refractivity contribution < 1.29 is 4.79 Å². The van der Waals surface area contributed by atoms with Gasteiger partial charge in [-0.1, -0.05) is 44.2 Å². The van der Waals surface area contributed by atoms with Gasteiger partial charge in [0.15, 0.2) is 0 Å². The average molecular weight is 262 g/mol. The lowest BCUT2D eigenvalue weighted by atomic mass is 9.84. The van der Waals surface area contributed by atoms with E-state index in [1.165, 1.54) is 0 Å². The summed E-state index contributed by atoms with van der Waals surface area (Å²) in [6.45, 7) is 7.01. The first-order valence-corrected chi connectivity index (χ1v) is 6.99. The van der Waals surface area contributed by atoms with Crippen LogP contribution in [0.1, 0.15) is 51.6 Å². The zero-order valence-electron chi connectivity index (χ0n) is 12.3. The predicted molar refractivity (Wildman–Crippen MR) is 79.7 cm³/mol. The van der Waals surface area contributed by atoms with Crippen molar-refractivity contribution in [1.29, 1.82) is 0 Å². The van der Waals surface area contributed by atoms with Crippen molar-refractivity contribution in [1.82, 2.24) is 5.32 Å². The van der Waals surface area contributed by atoms with Gasteiger partial charge in [-0.05, 0) is 37.3 Å². The van der Waals surface area contributed by atoms with Crippen LogP contribution < -0.4 is 11.1 Å². The van der Waals surface area contributed by atoms with Crippen LogP contribution in [0.5, 0.6) is 0 Å². The minimum Gasteiger partial charge on any atom is -0.350 e. The lowest BCUT2D eigenvalue weighted by Gasteiger charge is -2.24. The van der Waals surface area contributed by atoms with Crippen LogP contribution in [0, 0.1) is 5.41 Å². The van der Waals surface area contributed by atoms with Gasteiger partial charge in [0.2, 0.25) is 5.91 Å². The molecule has 1 amide bonds. The van der Waals surface area contributed by atoms with Crippen molar-refractivity contribution in [2.24, 2.45) is 11.1 Å². The van der Waals surface area contributed by atoms with Crippen LogP contribution in [0.3, 0.4) is 0 Å². The average Bonchev–Trinajstić information content (AvgIpc) is 2.37. The van der Waals surface area contributed by atoms with Gasteiger partial charge >= 0.3 is 0 Å². The molecule has 0 aliphatic heterocycles. The summed E-state index contributed by atoms with van der Waals surface area (Å²) in [5.74, 6) is 0.112. The Hall–Kier alpha value is -1.35. The third kappa shape index (κ3) is 5.88. The quantitative estimate of drug-likeness (QED) is 0.793. The molecule has 1 aromatic rings. The molecule has 3 heteroatoms. The third-order valence-electron chi connectivity index (χ3n) is 3.53. The molecule has 106 valence electrons. The van der Waals surface area contributed by atoms with Crippen molar-refractivity contribution in [3.63, 3.8) is 0 Å². The molecule has 0 aliphatic carbocycles. The van der Waals surface area contributed by atoms with Gasteiger partial charge in [0.25, 0.3) is 0 Å². The highest BCUT2D eigenvalue weighted by molar-refractivity contribution is 5.76. The first-order valence-electron chi connectivity index (χ1n) is 6.99. The zero-order valence-corrected chi connectivity index (χ0v) is 12.3. The number of rotatable bonds is 7. The largest absolute Gasteiger partial charge is 0.350 e. The van der Waals surface area contributed by atoms with Crippen LogP contribution in [0.15, 0.2) is 30.3 Å². The van der Waals surface area contributed by atoms with Gasteiger partial charge < -0.3 is 11.1 Å². The first-order chi connectivity index (χ1) is 8.94. The summed E-state index contributed by atoms with van der Waals surface area (Å²) < 4.78 is 0. The normalized spacial score (nSPS) is 13.1. The molecule has 1 rings (SSSR count). The van der Waals surface area contributed by atoms with Crippen LogP contribution in [-0.4, -0.2) is 12.5 Å². The molecule has 0 heterocycles. The second kappa shape index (κ2) is 7.29. The predicted octanol–water partition coefficient (Wildman–Crippen LogP) is 3.02. The standard InChI is InChI=1S/C16H26N2O/c1-13(14-7-5-4-6-8-14)18-15(19)9-10-16(2,3)11-12-17/h4-8,13H,9-12,17H2,1-3H3,(H,18,19). The molecule has 0 saturated carbocycles. The van der Waals surface area contributed by atoms with Crippen LogP contribution in [0.2, 0.25) is 0 Å². The van der Waals surface area contributed by atoms with E-state index in [0.29, 0.717) is 13.0 Å². The summed E-state index contributed by atoms with van der Waals surface area (Å²) in [7, 11) is 0. The summed E-state index contributed by atoms with van der Waals surface area (Å²) in [4.78, 5) is 11.9. The number of carbonyl (C=O) groups excluding carboxylic acids is 1. The van der Waals surface area contributed by atoms with Gasteiger partial charge in [-0.15, -0.1) is 0 Å². The Balaban J connectivity index is 2.39. The molecule has 1 aromatic carbocycles. The van der Waals surface area contributed by atoms with E-state index in [1.807, 2.05) is 37.3 Å². The summed E-state index contributed by atoms with van der Waals surface area (Å²) >= 11 is 0. The molecule has 0 fully saturated rings. The van der Waals surface area contributed by atoms with Crippen molar-refractivity contribution in [2.45, 2.75) is 46.1 Å². The number of nitrogens with one attached hydrogen (secondary N) is 1. The molecule has 0 aromatic heterocycles. The zero-order chi connectivity index (χ0) is 14.3. The van der Waals surface area contributed by atoms with E-state index >= 15 is 0 Å². The Bertz CT molecular complexity index is 387. The lowest BCUT2D eigenvalue weighted by Crippen LogP contribution is -2.28. The summed E-state index contributed by atoms with van der Waals surface area (Å²) in [5, 5.41) is 3.04. The highest BCUT2D eigenvalue weighted by Gasteiger charge is 2.19. The molecule has 19 heavy (non-hydrogen) atoms. The fraction of sp³-hybridized carbons (Fsp3) is 0.562. The molecule has 1 atom stereocenters. The Morgan fingerprint density at radius 3 is 2.47 bits per heavy atom. The molecule has 0 bridgehead atoms. The van der Waals surface area contributed by atoms with Gasteiger partial charge in [0.05, 0.1) is 6.04 Å². The minimum atomic E-state index is 0.0614. The summed E-state index contributed by atoms with van der Waals surface area (Å²) in [6.07, 6.45) is 2.39. The third-order valence-corrected chi connectivity index (χ3v) is 3.53. The van der Waals surface area contributed by atoms with Crippen LogP contribution in [-0.2, 0) is 4.79 Å². The molecule has 0 saturated heterocycles. The molecule has 0 radical (unpaired) electrons. The number of carbonyl (C=O) groups is 1. The maximum atomic E-state index is 11.9. The topological polar surface area (TPSA) is 55.1 Å². The number of benzene rings is 1. The molecule has 3 nitrogen and oxygen atoms in total. The Morgan fingerprint density at radius 1 is 1.26 bits per heavy atom. The minimum absolute atomic E-state index is 0.0614. The Kier molecular flexibility index (Phi) is 6.03. The van der Waals surface area contributed by atoms with E-state index in [2.05, 4.69) is 19.2 Å². The van der Waals surface area contributed by atoms with Crippen LogP contribution in [0.25, 0.3) is 0 Å². The van der Waals surface area contributed by atoms with Gasteiger partial charge in [-0.3, -0.25) is 4.79 Å². The Morgan fingerprint density at radius 2 is 1.89 bits per heavy atom. The van der Waals surface area contributed by atoms with E-state index in [4.69, 9.17) is 5.73 Å². The highest BCUT2D eigenvalue weighted by Crippen LogP contribution is 2.26. The number of hydrogen-bond acceptors (Lipinski definition) is 2. The lowest BCUT2D eigenvalue weighted by molar-refractivity contribution is -0.122. The number of amides is 1. The smallest absolute Gasteiger partial charge is 0.220 e. The Labute approximate surface area is 116 Å². The van der Waals surface area contributed by atoms with Crippen molar-refractivity contribution in [3.05, 3.63) is 35.9 Å². The van der Waals surface area contributed by atoms with Crippen LogP contribution in [0.4, 0.5) is 0 Å². The fourth-order valence-electron chi connectivity index (χ4n) is 2.11. The highest BCUT2D eigenvalue weighted by atomic mass is 16.1. The molecule has 3 N–H and O–H groups in total. The number of hydrogen-bond donors (Lipinski definition) is 2. The number of nitrogens with two attached hydrogens (primary N) is 1. The van der Waals surface area contributed by atoms with E-state index in [-0.39, 0.29) is 17.4 Å².